The average Bonchev–Trinajstić information content (AvgIpc) is 3.18. The third kappa shape index (κ3) is 45.3. The van der Waals surface area contributed by atoms with E-state index in [9.17, 15) is 14.4 Å². The molecule has 0 aliphatic rings. The fraction of sp³-hybridized carbons (Fsp3) is 0.941. The third-order valence-electron chi connectivity index (χ3n) is 11.5. The lowest BCUT2D eigenvalue weighted by molar-refractivity contribution is -0.167. The summed E-state index contributed by atoms with van der Waals surface area (Å²) < 4.78 is 16.8. The van der Waals surface area contributed by atoms with Gasteiger partial charge in [0.2, 0.25) is 0 Å². The highest BCUT2D eigenvalue weighted by molar-refractivity contribution is 5.71. The van der Waals surface area contributed by atoms with Gasteiger partial charge in [-0.3, -0.25) is 14.4 Å². The Balaban J connectivity index is 4.31. The summed E-state index contributed by atoms with van der Waals surface area (Å²) in [4.78, 5) is 37.9. The molecule has 0 saturated carbocycles. The van der Waals surface area contributed by atoms with E-state index in [4.69, 9.17) is 14.2 Å². The van der Waals surface area contributed by atoms with E-state index in [1.807, 2.05) is 0 Å². The standard InChI is InChI=1S/C51H98O6/c1-6-7-8-9-10-11-15-21-26-31-36-41-49(52)55-44-48(45-56-50(53)42-37-32-27-23-18-20-25-30-35-40-47(4)5)57-51(54)43-38-33-28-22-17-14-12-13-16-19-24-29-34-39-46(2)3/h46-48H,6-45H2,1-5H3/t48-/m0/s1. The number of rotatable bonds is 45. The maximum absolute atomic E-state index is 12.8. The van der Waals surface area contributed by atoms with Crippen LogP contribution in [0.3, 0.4) is 0 Å². The first-order valence-corrected chi connectivity index (χ1v) is 25.2. The van der Waals surface area contributed by atoms with Crippen LogP contribution in [0, 0.1) is 11.8 Å². The second-order valence-electron chi connectivity index (χ2n) is 18.4. The fourth-order valence-corrected chi connectivity index (χ4v) is 7.64. The molecular formula is C51H98O6. The molecule has 0 aromatic heterocycles. The monoisotopic (exact) mass is 807 g/mol. The van der Waals surface area contributed by atoms with Crippen molar-refractivity contribution in [2.45, 2.75) is 285 Å². The van der Waals surface area contributed by atoms with E-state index in [-0.39, 0.29) is 31.1 Å². The molecule has 338 valence electrons. The van der Waals surface area contributed by atoms with Crippen molar-refractivity contribution in [3.05, 3.63) is 0 Å². The van der Waals surface area contributed by atoms with Gasteiger partial charge in [-0.1, -0.05) is 240 Å². The van der Waals surface area contributed by atoms with Crippen LogP contribution in [0.2, 0.25) is 0 Å². The average molecular weight is 807 g/mol. The molecule has 0 aliphatic heterocycles. The van der Waals surface area contributed by atoms with E-state index in [1.165, 1.54) is 167 Å². The minimum absolute atomic E-state index is 0.0640. The largest absolute Gasteiger partial charge is 0.462 e. The van der Waals surface area contributed by atoms with Gasteiger partial charge in [-0.25, -0.2) is 0 Å². The number of carbonyl (C=O) groups is 3. The predicted octanol–water partition coefficient (Wildman–Crippen LogP) is 16.1. The van der Waals surface area contributed by atoms with Gasteiger partial charge in [0, 0.05) is 19.3 Å². The minimum Gasteiger partial charge on any atom is -0.462 e. The van der Waals surface area contributed by atoms with Crippen LogP contribution in [0.15, 0.2) is 0 Å². The second kappa shape index (κ2) is 44.0. The number of hydrogen-bond donors (Lipinski definition) is 0. The van der Waals surface area contributed by atoms with E-state index in [1.54, 1.807) is 0 Å². The molecule has 6 heteroatoms. The summed E-state index contributed by atoms with van der Waals surface area (Å²) in [5, 5.41) is 0. The zero-order valence-corrected chi connectivity index (χ0v) is 39.0. The lowest BCUT2D eigenvalue weighted by Gasteiger charge is -2.18. The van der Waals surface area contributed by atoms with Crippen LogP contribution >= 0.6 is 0 Å². The lowest BCUT2D eigenvalue weighted by atomic mass is 10.0. The fourth-order valence-electron chi connectivity index (χ4n) is 7.64. The molecule has 57 heavy (non-hydrogen) atoms. The zero-order chi connectivity index (χ0) is 41.9. The summed E-state index contributed by atoms with van der Waals surface area (Å²) in [6.45, 7) is 11.3. The maximum Gasteiger partial charge on any atom is 0.306 e. The van der Waals surface area contributed by atoms with Gasteiger partial charge in [-0.05, 0) is 31.1 Å². The quantitative estimate of drug-likeness (QED) is 0.0346. The van der Waals surface area contributed by atoms with Crippen LogP contribution in [0.1, 0.15) is 279 Å². The van der Waals surface area contributed by atoms with Crippen LogP contribution in [-0.4, -0.2) is 37.2 Å². The van der Waals surface area contributed by atoms with E-state index < -0.39 is 6.10 Å². The molecule has 0 bridgehead atoms. The minimum atomic E-state index is -0.761. The molecule has 0 N–H and O–H groups in total. The van der Waals surface area contributed by atoms with E-state index >= 15 is 0 Å². The molecular weight excluding hydrogens is 709 g/mol. The number of unbranched alkanes of at least 4 members (excludes halogenated alkanes) is 30. The molecule has 0 amide bonds. The molecule has 0 aromatic carbocycles. The highest BCUT2D eigenvalue weighted by Crippen LogP contribution is 2.17. The van der Waals surface area contributed by atoms with Gasteiger partial charge in [-0.2, -0.15) is 0 Å². The van der Waals surface area contributed by atoms with Crippen LogP contribution in [-0.2, 0) is 28.6 Å². The van der Waals surface area contributed by atoms with Crippen LogP contribution < -0.4 is 0 Å². The smallest absolute Gasteiger partial charge is 0.306 e. The Morgan fingerprint density at radius 1 is 0.333 bits per heavy atom. The van der Waals surface area contributed by atoms with Gasteiger partial charge >= 0.3 is 17.9 Å². The SMILES string of the molecule is CCCCCCCCCCCCCC(=O)OC[C@@H](COC(=O)CCCCCCCCCCCC(C)C)OC(=O)CCCCCCCCCCCCCCCC(C)C. The summed E-state index contributed by atoms with van der Waals surface area (Å²) in [5.41, 5.74) is 0. The number of ether oxygens (including phenoxy) is 3. The molecule has 6 nitrogen and oxygen atoms in total. The highest BCUT2D eigenvalue weighted by atomic mass is 16.6. The third-order valence-corrected chi connectivity index (χ3v) is 11.5. The molecule has 0 unspecified atom stereocenters. The van der Waals surface area contributed by atoms with Crippen molar-refractivity contribution in [2.75, 3.05) is 13.2 Å². The van der Waals surface area contributed by atoms with Crippen LogP contribution in [0.5, 0.6) is 0 Å². The van der Waals surface area contributed by atoms with Crippen LogP contribution in [0.4, 0.5) is 0 Å². The summed E-state index contributed by atoms with van der Waals surface area (Å²) in [7, 11) is 0. The molecule has 0 heterocycles. The Labute approximate surface area is 355 Å². The Morgan fingerprint density at radius 3 is 0.860 bits per heavy atom. The lowest BCUT2D eigenvalue weighted by Crippen LogP contribution is -2.30. The topological polar surface area (TPSA) is 78.9 Å². The maximum atomic E-state index is 12.8. The summed E-state index contributed by atoms with van der Waals surface area (Å²) in [5.74, 6) is 0.796. The predicted molar refractivity (Wildman–Crippen MR) is 243 cm³/mol. The zero-order valence-electron chi connectivity index (χ0n) is 39.0. The molecule has 0 aliphatic carbocycles. The molecule has 0 saturated heterocycles. The van der Waals surface area contributed by atoms with Crippen molar-refractivity contribution in [3.8, 4) is 0 Å². The van der Waals surface area contributed by atoms with Crippen LogP contribution in [0.25, 0.3) is 0 Å². The number of carbonyl (C=O) groups excluding carboxylic acids is 3. The Hall–Kier alpha value is -1.59. The highest BCUT2D eigenvalue weighted by Gasteiger charge is 2.19. The number of esters is 3. The first-order chi connectivity index (χ1) is 27.7. The van der Waals surface area contributed by atoms with Gasteiger partial charge in [0.25, 0.3) is 0 Å². The molecule has 0 aromatic rings. The Bertz CT molecular complexity index is 870. The number of hydrogen-bond acceptors (Lipinski definition) is 6. The normalized spacial score (nSPS) is 12.1. The van der Waals surface area contributed by atoms with Crippen molar-refractivity contribution in [1.82, 2.24) is 0 Å². The first kappa shape index (κ1) is 55.4. The van der Waals surface area contributed by atoms with Crippen molar-refractivity contribution in [1.29, 1.82) is 0 Å². The summed E-state index contributed by atoms with van der Waals surface area (Å²) in [6, 6.07) is 0. The van der Waals surface area contributed by atoms with Gasteiger partial charge in [-0.15, -0.1) is 0 Å². The van der Waals surface area contributed by atoms with Crippen molar-refractivity contribution in [3.63, 3.8) is 0 Å². The van der Waals surface area contributed by atoms with Gasteiger partial charge in [0.1, 0.15) is 13.2 Å². The van der Waals surface area contributed by atoms with E-state index in [2.05, 4.69) is 34.6 Å². The summed E-state index contributed by atoms with van der Waals surface area (Å²) >= 11 is 0. The van der Waals surface area contributed by atoms with Crippen molar-refractivity contribution in [2.24, 2.45) is 11.8 Å². The second-order valence-corrected chi connectivity index (χ2v) is 18.4. The van der Waals surface area contributed by atoms with Gasteiger partial charge in [0.15, 0.2) is 6.10 Å². The Kier molecular flexibility index (Phi) is 42.7. The van der Waals surface area contributed by atoms with E-state index in [0.29, 0.717) is 19.3 Å². The molecule has 0 radical (unpaired) electrons. The van der Waals surface area contributed by atoms with E-state index in [0.717, 1.165) is 69.6 Å². The first-order valence-electron chi connectivity index (χ1n) is 25.2. The molecule has 0 fully saturated rings. The Morgan fingerprint density at radius 2 is 0.579 bits per heavy atom. The van der Waals surface area contributed by atoms with Crippen molar-refractivity contribution < 1.29 is 28.6 Å². The van der Waals surface area contributed by atoms with Gasteiger partial charge < -0.3 is 14.2 Å². The molecule has 0 spiro atoms. The summed E-state index contributed by atoms with van der Waals surface area (Å²) in [6.07, 6.45) is 43.7. The van der Waals surface area contributed by atoms with Crippen molar-refractivity contribution >= 4 is 17.9 Å². The molecule has 1 atom stereocenters. The molecule has 0 rings (SSSR count). The van der Waals surface area contributed by atoms with Gasteiger partial charge in [0.05, 0.1) is 0 Å².